The van der Waals surface area contributed by atoms with Gasteiger partial charge in [0, 0.05) is 11.6 Å². The van der Waals surface area contributed by atoms with Crippen LogP contribution in [-0.2, 0) is 0 Å². The number of rotatable bonds is 2. The van der Waals surface area contributed by atoms with Gasteiger partial charge in [0.2, 0.25) is 0 Å². The largest absolute Gasteiger partial charge is 0.257 e. The van der Waals surface area contributed by atoms with Crippen molar-refractivity contribution in [2.24, 2.45) is 4.99 Å². The Kier molecular flexibility index (Phi) is 2.74. The molecule has 3 rings (SSSR count). The van der Waals surface area contributed by atoms with Crippen LogP contribution >= 0.6 is 0 Å². The van der Waals surface area contributed by atoms with E-state index in [1.165, 1.54) is 17.7 Å². The van der Waals surface area contributed by atoms with Crippen LogP contribution in [0.15, 0.2) is 65.7 Å². The second-order valence-electron chi connectivity index (χ2n) is 4.44. The highest BCUT2D eigenvalue weighted by Gasteiger charge is 2.27. The van der Waals surface area contributed by atoms with E-state index in [9.17, 15) is 0 Å². The third-order valence-corrected chi connectivity index (χ3v) is 3.32. The molecule has 2 aromatic rings. The van der Waals surface area contributed by atoms with Gasteiger partial charge >= 0.3 is 0 Å². The molecule has 1 aliphatic rings. The van der Waals surface area contributed by atoms with Crippen molar-refractivity contribution in [1.82, 2.24) is 0 Å². The zero-order valence-electron chi connectivity index (χ0n) is 9.71. The molecule has 1 nitrogen and oxygen atoms in total. The second-order valence-corrected chi connectivity index (χ2v) is 4.44. The summed E-state index contributed by atoms with van der Waals surface area (Å²) in [5.74, 6) is 0.538. The van der Waals surface area contributed by atoms with Crippen molar-refractivity contribution in [1.29, 1.82) is 0 Å². The highest BCUT2D eigenvalue weighted by atomic mass is 14.8. The topological polar surface area (TPSA) is 12.4 Å². The Bertz CT molecular complexity index is 514. The van der Waals surface area contributed by atoms with Crippen LogP contribution in [0, 0.1) is 0 Å². The van der Waals surface area contributed by atoms with Crippen molar-refractivity contribution >= 4 is 11.4 Å². The number of nitrogens with zero attached hydrogens (tertiary/aromatic N) is 1. The van der Waals surface area contributed by atoms with Crippen LogP contribution in [0.4, 0.5) is 5.69 Å². The Morgan fingerprint density at radius 2 is 1.47 bits per heavy atom. The highest BCUT2D eigenvalue weighted by Crippen LogP contribution is 2.35. The first-order valence-corrected chi connectivity index (χ1v) is 6.11. The lowest BCUT2D eigenvalue weighted by Crippen LogP contribution is -2.23. The molecule has 0 radical (unpaired) electrons. The standard InChI is InChI=1S/C16H15N/c1-3-7-13(8-4-1)15-11-12-16(15)17-14-9-5-2-6-10-14/h1-10,15H,11-12H2. The number of hydrogen-bond acceptors (Lipinski definition) is 1. The first-order valence-electron chi connectivity index (χ1n) is 6.11. The SMILES string of the molecule is c1ccc(N=C2CCC2c2ccccc2)cc1. The minimum absolute atomic E-state index is 0.538. The van der Waals surface area contributed by atoms with Gasteiger partial charge in [0.1, 0.15) is 0 Å². The van der Waals surface area contributed by atoms with Crippen molar-refractivity contribution in [3.05, 3.63) is 66.2 Å². The van der Waals surface area contributed by atoms with Gasteiger partial charge in [0.05, 0.1) is 5.69 Å². The van der Waals surface area contributed by atoms with E-state index >= 15 is 0 Å². The Morgan fingerprint density at radius 1 is 0.824 bits per heavy atom. The summed E-state index contributed by atoms with van der Waals surface area (Å²) in [5, 5.41) is 0. The van der Waals surface area contributed by atoms with Gasteiger partial charge in [-0.05, 0) is 30.5 Å². The summed E-state index contributed by atoms with van der Waals surface area (Å²) in [6.45, 7) is 0. The van der Waals surface area contributed by atoms with Gasteiger partial charge in [-0.25, -0.2) is 0 Å². The first-order chi connectivity index (χ1) is 8.43. The summed E-state index contributed by atoms with van der Waals surface area (Å²) < 4.78 is 0. The summed E-state index contributed by atoms with van der Waals surface area (Å²) in [4.78, 5) is 4.74. The number of aliphatic imine (C=N–C) groups is 1. The fourth-order valence-corrected chi connectivity index (χ4v) is 2.26. The van der Waals surface area contributed by atoms with Crippen molar-refractivity contribution in [2.45, 2.75) is 18.8 Å². The van der Waals surface area contributed by atoms with Crippen molar-refractivity contribution in [3.8, 4) is 0 Å². The van der Waals surface area contributed by atoms with Crippen LogP contribution < -0.4 is 0 Å². The summed E-state index contributed by atoms with van der Waals surface area (Å²) in [7, 11) is 0. The molecular weight excluding hydrogens is 206 g/mol. The average Bonchev–Trinajstić information content (AvgIpc) is 2.37. The first kappa shape index (κ1) is 10.3. The average molecular weight is 221 g/mol. The summed E-state index contributed by atoms with van der Waals surface area (Å²) in [6.07, 6.45) is 2.37. The molecule has 1 saturated carbocycles. The van der Waals surface area contributed by atoms with E-state index in [4.69, 9.17) is 4.99 Å². The zero-order chi connectivity index (χ0) is 11.5. The minimum atomic E-state index is 0.538. The molecule has 0 aromatic heterocycles. The molecule has 0 aliphatic heterocycles. The van der Waals surface area contributed by atoms with E-state index < -0.39 is 0 Å². The fraction of sp³-hybridized carbons (Fsp3) is 0.188. The molecule has 1 heteroatoms. The number of benzene rings is 2. The molecule has 84 valence electrons. The maximum absolute atomic E-state index is 4.74. The Morgan fingerprint density at radius 3 is 2.06 bits per heavy atom. The van der Waals surface area contributed by atoms with E-state index in [-0.39, 0.29) is 0 Å². The van der Waals surface area contributed by atoms with Gasteiger partial charge in [0.25, 0.3) is 0 Å². The van der Waals surface area contributed by atoms with Gasteiger partial charge in [-0.1, -0.05) is 48.5 Å². The molecule has 1 unspecified atom stereocenters. The predicted octanol–water partition coefficient (Wildman–Crippen LogP) is 4.34. The molecule has 1 aliphatic carbocycles. The van der Waals surface area contributed by atoms with E-state index in [2.05, 4.69) is 42.5 Å². The summed E-state index contributed by atoms with van der Waals surface area (Å²) in [6, 6.07) is 20.9. The van der Waals surface area contributed by atoms with Gasteiger partial charge in [-0.3, -0.25) is 4.99 Å². The van der Waals surface area contributed by atoms with Crippen molar-refractivity contribution < 1.29 is 0 Å². The zero-order valence-corrected chi connectivity index (χ0v) is 9.71. The molecule has 0 heterocycles. The maximum Gasteiger partial charge on any atom is 0.0629 e. The van der Waals surface area contributed by atoms with Crippen LogP contribution in [0.1, 0.15) is 24.3 Å². The molecule has 2 aromatic carbocycles. The highest BCUT2D eigenvalue weighted by molar-refractivity contribution is 5.97. The fourth-order valence-electron chi connectivity index (χ4n) is 2.26. The normalized spacial score (nSPS) is 21.2. The summed E-state index contributed by atoms with van der Waals surface area (Å²) >= 11 is 0. The van der Waals surface area contributed by atoms with Crippen LogP contribution in [0.2, 0.25) is 0 Å². The lowest BCUT2D eigenvalue weighted by molar-refractivity contribution is 0.692. The van der Waals surface area contributed by atoms with Gasteiger partial charge in [-0.2, -0.15) is 0 Å². The van der Waals surface area contributed by atoms with E-state index in [0.717, 1.165) is 12.1 Å². The second kappa shape index (κ2) is 4.54. The Balaban J connectivity index is 1.85. The molecule has 0 amide bonds. The van der Waals surface area contributed by atoms with E-state index in [1.807, 2.05) is 18.2 Å². The molecule has 17 heavy (non-hydrogen) atoms. The Labute approximate surface area is 102 Å². The van der Waals surface area contributed by atoms with Crippen LogP contribution in [0.5, 0.6) is 0 Å². The third kappa shape index (κ3) is 2.14. The maximum atomic E-state index is 4.74. The molecule has 1 atom stereocenters. The molecule has 1 fully saturated rings. The molecule has 0 saturated heterocycles. The van der Waals surface area contributed by atoms with E-state index in [1.54, 1.807) is 0 Å². The molecule has 0 N–H and O–H groups in total. The van der Waals surface area contributed by atoms with E-state index in [0.29, 0.717) is 5.92 Å². The van der Waals surface area contributed by atoms with Gasteiger partial charge in [0.15, 0.2) is 0 Å². The lowest BCUT2D eigenvalue weighted by atomic mass is 9.78. The quantitative estimate of drug-likeness (QED) is 0.715. The van der Waals surface area contributed by atoms with Gasteiger partial charge in [-0.15, -0.1) is 0 Å². The molecule has 0 spiro atoms. The van der Waals surface area contributed by atoms with Gasteiger partial charge < -0.3 is 0 Å². The van der Waals surface area contributed by atoms with Crippen molar-refractivity contribution in [2.75, 3.05) is 0 Å². The lowest BCUT2D eigenvalue weighted by Gasteiger charge is -2.28. The smallest absolute Gasteiger partial charge is 0.0629 e. The van der Waals surface area contributed by atoms with Crippen molar-refractivity contribution in [3.63, 3.8) is 0 Å². The molecular formula is C16H15N. The van der Waals surface area contributed by atoms with Crippen LogP contribution in [0.3, 0.4) is 0 Å². The van der Waals surface area contributed by atoms with Crippen LogP contribution in [0.25, 0.3) is 0 Å². The Hall–Kier alpha value is -1.89. The summed E-state index contributed by atoms with van der Waals surface area (Å²) in [5.41, 5.74) is 3.79. The number of para-hydroxylation sites is 1. The predicted molar refractivity (Wildman–Crippen MR) is 72.0 cm³/mol. The minimum Gasteiger partial charge on any atom is -0.257 e. The van der Waals surface area contributed by atoms with Crippen LogP contribution in [-0.4, -0.2) is 5.71 Å². The molecule has 0 bridgehead atoms. The third-order valence-electron chi connectivity index (χ3n) is 3.32. The monoisotopic (exact) mass is 221 g/mol. The number of hydrogen-bond donors (Lipinski definition) is 0.